The molecule has 0 atom stereocenters. The Balaban J connectivity index is 2.04. The van der Waals surface area contributed by atoms with Crippen LogP contribution < -0.4 is 9.64 Å². The first kappa shape index (κ1) is 16.5. The van der Waals surface area contributed by atoms with Crippen molar-refractivity contribution < 1.29 is 19.1 Å². The van der Waals surface area contributed by atoms with E-state index in [1.54, 1.807) is 29.2 Å². The lowest BCUT2D eigenvalue weighted by molar-refractivity contribution is -0.116. The maximum absolute atomic E-state index is 11.8. The molecular formula is C18H19NO4. The van der Waals surface area contributed by atoms with Crippen LogP contribution in [-0.2, 0) is 9.53 Å². The molecule has 0 spiro atoms. The smallest absolute Gasteiger partial charge is 0.341 e. The summed E-state index contributed by atoms with van der Waals surface area (Å²) in [6.45, 7) is 2.16. The molecule has 0 bridgehead atoms. The lowest BCUT2D eigenvalue weighted by Gasteiger charge is -2.21. The van der Waals surface area contributed by atoms with Gasteiger partial charge < -0.3 is 14.4 Å². The first-order chi connectivity index (χ1) is 11.1. The summed E-state index contributed by atoms with van der Waals surface area (Å²) < 4.78 is 10.4. The number of hydrogen-bond acceptors (Lipinski definition) is 4. The number of ether oxygens (including phenoxy) is 2. The van der Waals surface area contributed by atoms with E-state index in [9.17, 15) is 9.59 Å². The Morgan fingerprint density at radius 2 is 1.65 bits per heavy atom. The van der Waals surface area contributed by atoms with Crippen LogP contribution in [0.15, 0.2) is 54.6 Å². The highest BCUT2D eigenvalue weighted by molar-refractivity contribution is 5.92. The average molecular weight is 313 g/mol. The number of benzene rings is 2. The van der Waals surface area contributed by atoms with Gasteiger partial charge in [-0.1, -0.05) is 30.3 Å². The van der Waals surface area contributed by atoms with Crippen molar-refractivity contribution in [3.8, 4) is 5.75 Å². The molecule has 23 heavy (non-hydrogen) atoms. The van der Waals surface area contributed by atoms with E-state index in [-0.39, 0.29) is 12.5 Å². The molecule has 2 aromatic rings. The predicted octanol–water partition coefficient (Wildman–Crippen LogP) is 2.91. The molecule has 0 fully saturated rings. The monoisotopic (exact) mass is 313 g/mol. The van der Waals surface area contributed by atoms with E-state index in [0.29, 0.717) is 17.9 Å². The number of hydrogen-bond donors (Lipinski definition) is 0. The Bertz CT molecular complexity index is 670. The third kappa shape index (κ3) is 4.32. The summed E-state index contributed by atoms with van der Waals surface area (Å²) >= 11 is 0. The molecule has 5 heteroatoms. The lowest BCUT2D eigenvalue weighted by Crippen LogP contribution is -2.32. The van der Waals surface area contributed by atoms with Gasteiger partial charge in [-0.3, -0.25) is 4.79 Å². The summed E-state index contributed by atoms with van der Waals surface area (Å²) in [5.74, 6) is -0.0796. The molecule has 0 saturated carbocycles. The zero-order valence-electron chi connectivity index (χ0n) is 13.2. The Labute approximate surface area is 135 Å². The highest BCUT2D eigenvalue weighted by atomic mass is 16.5. The third-order valence-electron chi connectivity index (χ3n) is 3.31. The average Bonchev–Trinajstić information content (AvgIpc) is 2.59. The van der Waals surface area contributed by atoms with Crippen molar-refractivity contribution in [2.45, 2.75) is 6.92 Å². The number of carbonyl (C=O) groups is 2. The molecule has 0 radical (unpaired) electrons. The van der Waals surface area contributed by atoms with Gasteiger partial charge in [0.05, 0.1) is 13.7 Å². The molecular weight excluding hydrogens is 294 g/mol. The minimum absolute atomic E-state index is 0.0685. The molecule has 0 N–H and O–H groups in total. The molecule has 120 valence electrons. The van der Waals surface area contributed by atoms with Gasteiger partial charge in [-0.05, 0) is 24.3 Å². The Hall–Kier alpha value is -2.82. The third-order valence-corrected chi connectivity index (χ3v) is 3.31. The molecule has 0 heterocycles. The van der Waals surface area contributed by atoms with Crippen molar-refractivity contribution in [2.24, 2.45) is 0 Å². The van der Waals surface area contributed by atoms with Crippen molar-refractivity contribution >= 4 is 17.6 Å². The number of rotatable bonds is 6. The second-order valence-electron chi connectivity index (χ2n) is 4.84. The second kappa shape index (κ2) is 7.98. The van der Waals surface area contributed by atoms with Crippen LogP contribution in [0, 0.1) is 0 Å². The maximum Gasteiger partial charge on any atom is 0.341 e. The molecule has 5 nitrogen and oxygen atoms in total. The fourth-order valence-corrected chi connectivity index (χ4v) is 2.19. The minimum atomic E-state index is -0.452. The van der Waals surface area contributed by atoms with E-state index in [1.807, 2.05) is 30.3 Å². The molecule has 0 aromatic heterocycles. The quantitative estimate of drug-likeness (QED) is 0.770. The second-order valence-corrected chi connectivity index (χ2v) is 4.84. The number of amides is 1. The SMILES string of the molecule is COC(=O)c1ccccc1OCCN(C(C)=O)c1ccccc1. The minimum Gasteiger partial charge on any atom is -0.491 e. The Morgan fingerprint density at radius 3 is 2.30 bits per heavy atom. The standard InChI is InChI=1S/C18H19NO4/c1-14(20)19(15-8-4-3-5-9-15)12-13-23-17-11-7-6-10-16(17)18(21)22-2/h3-11H,12-13H2,1-2H3. The van der Waals surface area contributed by atoms with E-state index in [4.69, 9.17) is 9.47 Å². The first-order valence-corrected chi connectivity index (χ1v) is 7.26. The summed E-state index contributed by atoms with van der Waals surface area (Å²) in [5, 5.41) is 0. The number of carbonyl (C=O) groups excluding carboxylic acids is 2. The number of para-hydroxylation sites is 2. The number of esters is 1. The van der Waals surface area contributed by atoms with Gasteiger partial charge in [0, 0.05) is 12.6 Å². The summed E-state index contributed by atoms with van der Waals surface area (Å²) in [6, 6.07) is 16.2. The van der Waals surface area contributed by atoms with Crippen LogP contribution in [0.4, 0.5) is 5.69 Å². The summed E-state index contributed by atoms with van der Waals surface area (Å²) in [7, 11) is 1.33. The van der Waals surface area contributed by atoms with Gasteiger partial charge in [0.1, 0.15) is 17.9 Å². The maximum atomic E-state index is 11.8. The zero-order valence-corrected chi connectivity index (χ0v) is 13.2. The van der Waals surface area contributed by atoms with Gasteiger partial charge in [0.15, 0.2) is 0 Å². The van der Waals surface area contributed by atoms with Crippen molar-refractivity contribution in [1.82, 2.24) is 0 Å². The van der Waals surface area contributed by atoms with Crippen LogP contribution in [-0.4, -0.2) is 32.1 Å². The topological polar surface area (TPSA) is 55.8 Å². The van der Waals surface area contributed by atoms with E-state index in [0.717, 1.165) is 5.69 Å². The van der Waals surface area contributed by atoms with Crippen LogP contribution in [0.3, 0.4) is 0 Å². The van der Waals surface area contributed by atoms with Crippen molar-refractivity contribution in [2.75, 3.05) is 25.2 Å². The van der Waals surface area contributed by atoms with Crippen LogP contribution in [0.1, 0.15) is 17.3 Å². The number of methoxy groups -OCH3 is 1. The summed E-state index contributed by atoms with van der Waals surface area (Å²) in [5.41, 5.74) is 1.17. The fourth-order valence-electron chi connectivity index (χ4n) is 2.19. The van der Waals surface area contributed by atoms with Crippen LogP contribution in [0.25, 0.3) is 0 Å². The van der Waals surface area contributed by atoms with Gasteiger partial charge in [-0.15, -0.1) is 0 Å². The lowest BCUT2D eigenvalue weighted by atomic mass is 10.2. The zero-order chi connectivity index (χ0) is 16.7. The van der Waals surface area contributed by atoms with Gasteiger partial charge in [0.2, 0.25) is 5.91 Å². The number of anilines is 1. The summed E-state index contributed by atoms with van der Waals surface area (Å²) in [4.78, 5) is 25.1. The summed E-state index contributed by atoms with van der Waals surface area (Å²) in [6.07, 6.45) is 0. The van der Waals surface area contributed by atoms with Gasteiger partial charge in [-0.2, -0.15) is 0 Å². The van der Waals surface area contributed by atoms with Crippen LogP contribution in [0.5, 0.6) is 5.75 Å². The van der Waals surface area contributed by atoms with E-state index < -0.39 is 5.97 Å². The van der Waals surface area contributed by atoms with Crippen molar-refractivity contribution in [1.29, 1.82) is 0 Å². The van der Waals surface area contributed by atoms with Gasteiger partial charge >= 0.3 is 5.97 Å². The number of nitrogens with zero attached hydrogens (tertiary/aromatic N) is 1. The van der Waals surface area contributed by atoms with E-state index in [1.165, 1.54) is 14.0 Å². The molecule has 0 saturated heterocycles. The van der Waals surface area contributed by atoms with Crippen molar-refractivity contribution in [3.05, 3.63) is 60.2 Å². The molecule has 0 aliphatic rings. The Morgan fingerprint density at radius 1 is 1.00 bits per heavy atom. The van der Waals surface area contributed by atoms with Crippen LogP contribution >= 0.6 is 0 Å². The van der Waals surface area contributed by atoms with E-state index >= 15 is 0 Å². The molecule has 2 rings (SSSR count). The highest BCUT2D eigenvalue weighted by Gasteiger charge is 2.14. The van der Waals surface area contributed by atoms with Gasteiger partial charge in [0.25, 0.3) is 0 Å². The largest absolute Gasteiger partial charge is 0.491 e. The molecule has 2 aromatic carbocycles. The first-order valence-electron chi connectivity index (χ1n) is 7.26. The fraction of sp³-hybridized carbons (Fsp3) is 0.222. The molecule has 0 aliphatic carbocycles. The molecule has 0 unspecified atom stereocenters. The normalized spacial score (nSPS) is 10.0. The van der Waals surface area contributed by atoms with Crippen LogP contribution in [0.2, 0.25) is 0 Å². The van der Waals surface area contributed by atoms with E-state index in [2.05, 4.69) is 0 Å². The van der Waals surface area contributed by atoms with Crippen molar-refractivity contribution in [3.63, 3.8) is 0 Å². The molecule has 0 aliphatic heterocycles. The predicted molar refractivity (Wildman–Crippen MR) is 87.7 cm³/mol. The Kier molecular flexibility index (Phi) is 5.74. The van der Waals surface area contributed by atoms with Gasteiger partial charge in [-0.25, -0.2) is 4.79 Å². The molecule has 1 amide bonds. The highest BCUT2D eigenvalue weighted by Crippen LogP contribution is 2.19.